The molecule has 0 unspecified atom stereocenters. The Kier molecular flexibility index (Phi) is 4.22. The Labute approximate surface area is 122 Å². The van der Waals surface area contributed by atoms with Gasteiger partial charge in [0.1, 0.15) is 4.90 Å². The monoisotopic (exact) mass is 312 g/mol. The first kappa shape index (κ1) is 14.7. The standard InChI is InChI=1S/C12H13ClN4O2S/c1-8-7-9(2)15-12(14-8)16-17-20(18,19)11-6-4-3-5-10(11)13/h3-7,17H,1-2H3,(H,14,15,16). The summed E-state index contributed by atoms with van der Waals surface area (Å²) in [4.78, 5) is 10.3. The predicted octanol–water partition coefficient (Wildman–Crippen LogP) is 2.05. The molecule has 0 atom stereocenters. The first-order valence-corrected chi connectivity index (χ1v) is 7.59. The van der Waals surface area contributed by atoms with E-state index in [4.69, 9.17) is 11.6 Å². The molecule has 0 aliphatic carbocycles. The molecule has 0 bridgehead atoms. The topological polar surface area (TPSA) is 84.0 Å². The van der Waals surface area contributed by atoms with Gasteiger partial charge in [0, 0.05) is 11.4 Å². The third kappa shape index (κ3) is 3.44. The Morgan fingerprint density at radius 1 is 1.10 bits per heavy atom. The van der Waals surface area contributed by atoms with E-state index in [0.29, 0.717) is 0 Å². The van der Waals surface area contributed by atoms with E-state index < -0.39 is 10.0 Å². The van der Waals surface area contributed by atoms with Crippen LogP contribution in [0, 0.1) is 13.8 Å². The van der Waals surface area contributed by atoms with E-state index in [0.717, 1.165) is 11.4 Å². The molecule has 0 amide bonds. The second-order valence-electron chi connectivity index (χ2n) is 4.14. The Balaban J connectivity index is 2.20. The number of benzene rings is 1. The van der Waals surface area contributed by atoms with E-state index in [-0.39, 0.29) is 15.9 Å². The number of rotatable bonds is 4. The zero-order valence-corrected chi connectivity index (χ0v) is 12.5. The third-order valence-corrected chi connectivity index (χ3v) is 4.15. The van der Waals surface area contributed by atoms with Gasteiger partial charge in [0.15, 0.2) is 0 Å². The van der Waals surface area contributed by atoms with E-state index in [1.54, 1.807) is 32.0 Å². The van der Waals surface area contributed by atoms with Crippen LogP contribution >= 0.6 is 11.6 Å². The van der Waals surface area contributed by atoms with Gasteiger partial charge >= 0.3 is 0 Å². The van der Waals surface area contributed by atoms with Crippen molar-refractivity contribution in [1.29, 1.82) is 0 Å². The number of hydrogen-bond donors (Lipinski definition) is 2. The highest BCUT2D eigenvalue weighted by Gasteiger charge is 2.17. The van der Waals surface area contributed by atoms with Crippen LogP contribution in [-0.4, -0.2) is 18.4 Å². The van der Waals surface area contributed by atoms with Gasteiger partial charge in [-0.15, -0.1) is 4.83 Å². The summed E-state index contributed by atoms with van der Waals surface area (Å²) >= 11 is 5.86. The number of nitrogens with zero attached hydrogens (tertiary/aromatic N) is 2. The summed E-state index contributed by atoms with van der Waals surface area (Å²) in [5.41, 5.74) is 3.94. The predicted molar refractivity (Wildman–Crippen MR) is 76.9 cm³/mol. The SMILES string of the molecule is Cc1cc(C)nc(NNS(=O)(=O)c2ccccc2Cl)n1. The molecule has 106 valence electrons. The Morgan fingerprint density at radius 3 is 2.30 bits per heavy atom. The lowest BCUT2D eigenvalue weighted by molar-refractivity contribution is 0.587. The molecule has 20 heavy (non-hydrogen) atoms. The van der Waals surface area contributed by atoms with Crippen molar-refractivity contribution in [2.24, 2.45) is 0 Å². The highest BCUT2D eigenvalue weighted by Crippen LogP contribution is 2.20. The van der Waals surface area contributed by atoms with Gasteiger partial charge in [-0.25, -0.2) is 18.4 Å². The van der Waals surface area contributed by atoms with E-state index >= 15 is 0 Å². The summed E-state index contributed by atoms with van der Waals surface area (Å²) in [6.45, 7) is 3.59. The van der Waals surface area contributed by atoms with Crippen molar-refractivity contribution in [3.8, 4) is 0 Å². The van der Waals surface area contributed by atoms with Crippen LogP contribution in [0.15, 0.2) is 35.2 Å². The van der Waals surface area contributed by atoms with Crippen LogP contribution in [0.5, 0.6) is 0 Å². The van der Waals surface area contributed by atoms with Crippen molar-refractivity contribution in [3.63, 3.8) is 0 Å². The van der Waals surface area contributed by atoms with Crippen molar-refractivity contribution in [1.82, 2.24) is 14.8 Å². The molecule has 1 aromatic heterocycles. The van der Waals surface area contributed by atoms with Gasteiger partial charge in [0.2, 0.25) is 5.95 Å². The number of nitrogens with one attached hydrogen (secondary N) is 2. The molecule has 0 aliphatic rings. The van der Waals surface area contributed by atoms with Crippen molar-refractivity contribution < 1.29 is 8.42 Å². The maximum absolute atomic E-state index is 12.1. The fourth-order valence-electron chi connectivity index (χ4n) is 1.61. The fourth-order valence-corrected chi connectivity index (χ4v) is 2.97. The van der Waals surface area contributed by atoms with E-state index in [1.807, 2.05) is 0 Å². The number of hydrazine groups is 1. The van der Waals surface area contributed by atoms with Crippen LogP contribution in [0.1, 0.15) is 11.4 Å². The molecule has 0 radical (unpaired) electrons. The van der Waals surface area contributed by atoms with Gasteiger partial charge in [-0.1, -0.05) is 23.7 Å². The number of halogens is 1. The molecule has 2 N–H and O–H groups in total. The van der Waals surface area contributed by atoms with Crippen LogP contribution in [-0.2, 0) is 10.0 Å². The van der Waals surface area contributed by atoms with Gasteiger partial charge in [0.05, 0.1) is 5.02 Å². The normalized spacial score (nSPS) is 11.3. The van der Waals surface area contributed by atoms with Crippen LogP contribution in [0.4, 0.5) is 5.95 Å². The molecular formula is C12H13ClN4O2S. The number of sulfonamides is 1. The first-order chi connectivity index (χ1) is 9.38. The molecule has 2 aromatic rings. The Hall–Kier alpha value is -1.70. The molecule has 0 spiro atoms. The molecule has 6 nitrogen and oxygen atoms in total. The van der Waals surface area contributed by atoms with Crippen LogP contribution in [0.3, 0.4) is 0 Å². The minimum Gasteiger partial charge on any atom is -0.276 e. The van der Waals surface area contributed by atoms with Gasteiger partial charge in [-0.3, -0.25) is 5.43 Å². The highest BCUT2D eigenvalue weighted by atomic mass is 35.5. The summed E-state index contributed by atoms with van der Waals surface area (Å²) < 4.78 is 24.2. The zero-order valence-electron chi connectivity index (χ0n) is 10.9. The summed E-state index contributed by atoms with van der Waals surface area (Å²) in [6, 6.07) is 7.95. The average molecular weight is 313 g/mol. The fraction of sp³-hybridized carbons (Fsp3) is 0.167. The van der Waals surface area contributed by atoms with E-state index in [1.165, 1.54) is 12.1 Å². The molecular weight excluding hydrogens is 300 g/mol. The van der Waals surface area contributed by atoms with Gasteiger partial charge in [0.25, 0.3) is 10.0 Å². The quantitative estimate of drug-likeness (QED) is 0.844. The highest BCUT2D eigenvalue weighted by molar-refractivity contribution is 7.89. The average Bonchev–Trinajstić information content (AvgIpc) is 2.36. The molecule has 0 fully saturated rings. The second-order valence-corrected chi connectivity index (χ2v) is 6.19. The lowest BCUT2D eigenvalue weighted by Gasteiger charge is -2.10. The van der Waals surface area contributed by atoms with Crippen LogP contribution < -0.4 is 10.3 Å². The molecule has 8 heteroatoms. The minimum absolute atomic E-state index is 0.0152. The first-order valence-electron chi connectivity index (χ1n) is 5.73. The summed E-state index contributed by atoms with van der Waals surface area (Å²) in [5.74, 6) is 0.179. The maximum Gasteiger partial charge on any atom is 0.258 e. The van der Waals surface area contributed by atoms with E-state index in [2.05, 4.69) is 20.2 Å². The van der Waals surface area contributed by atoms with Crippen molar-refractivity contribution in [2.45, 2.75) is 18.7 Å². The van der Waals surface area contributed by atoms with Crippen molar-refractivity contribution in [3.05, 3.63) is 46.7 Å². The summed E-state index contributed by atoms with van der Waals surface area (Å²) in [7, 11) is -3.79. The summed E-state index contributed by atoms with van der Waals surface area (Å²) in [6.07, 6.45) is 0. The van der Waals surface area contributed by atoms with Gasteiger partial charge < -0.3 is 0 Å². The molecule has 0 saturated carbocycles. The molecule has 1 heterocycles. The van der Waals surface area contributed by atoms with Crippen LogP contribution in [0.25, 0.3) is 0 Å². The number of anilines is 1. The maximum atomic E-state index is 12.1. The Bertz CT molecular complexity index is 714. The van der Waals surface area contributed by atoms with E-state index in [9.17, 15) is 8.42 Å². The van der Waals surface area contributed by atoms with Gasteiger partial charge in [-0.05, 0) is 32.0 Å². The lowest BCUT2D eigenvalue weighted by Crippen LogP contribution is -2.30. The molecule has 0 saturated heterocycles. The molecule has 2 rings (SSSR count). The number of aryl methyl sites for hydroxylation is 2. The summed E-state index contributed by atoms with van der Waals surface area (Å²) in [5, 5.41) is 0.142. The number of hydrogen-bond acceptors (Lipinski definition) is 5. The largest absolute Gasteiger partial charge is 0.276 e. The smallest absolute Gasteiger partial charge is 0.258 e. The van der Waals surface area contributed by atoms with Crippen LogP contribution in [0.2, 0.25) is 5.02 Å². The molecule has 1 aromatic carbocycles. The lowest BCUT2D eigenvalue weighted by atomic mass is 10.4. The number of aromatic nitrogens is 2. The van der Waals surface area contributed by atoms with Gasteiger partial charge in [-0.2, -0.15) is 0 Å². The molecule has 0 aliphatic heterocycles. The third-order valence-electron chi connectivity index (χ3n) is 2.41. The second kappa shape index (κ2) is 5.74. The van der Waals surface area contributed by atoms with Crippen molar-refractivity contribution >= 4 is 27.6 Å². The Morgan fingerprint density at radius 2 is 1.70 bits per heavy atom. The minimum atomic E-state index is -3.79. The zero-order chi connectivity index (χ0) is 14.8. The van der Waals surface area contributed by atoms with Crippen molar-refractivity contribution in [2.75, 3.05) is 5.43 Å².